The highest BCUT2D eigenvalue weighted by molar-refractivity contribution is 6.33. The zero-order valence-electron chi connectivity index (χ0n) is 10.8. The highest BCUT2D eigenvalue weighted by Gasteiger charge is 2.38. The topological polar surface area (TPSA) is 59.5 Å². The second kappa shape index (κ2) is 4.83. The van der Waals surface area contributed by atoms with Crippen molar-refractivity contribution in [3.63, 3.8) is 0 Å². The van der Waals surface area contributed by atoms with Crippen LogP contribution in [-0.4, -0.2) is 23.2 Å². The van der Waals surface area contributed by atoms with E-state index in [1.165, 1.54) is 30.5 Å². The average molecular weight is 308 g/mol. The molecule has 22 heavy (non-hydrogen) atoms. The summed E-state index contributed by atoms with van der Waals surface area (Å²) < 4.78 is 40.0. The first-order chi connectivity index (χ1) is 10.4. The molecule has 0 fully saturated rings. The number of carbonyl (C=O) groups is 2. The van der Waals surface area contributed by atoms with Gasteiger partial charge in [-0.3, -0.25) is 14.6 Å². The van der Waals surface area contributed by atoms with E-state index < -0.39 is 23.9 Å². The van der Waals surface area contributed by atoms with Crippen LogP contribution in [0.2, 0.25) is 0 Å². The first-order valence-electron chi connectivity index (χ1n) is 6.06. The highest BCUT2D eigenvalue weighted by Crippen LogP contribution is 2.29. The van der Waals surface area contributed by atoms with Crippen LogP contribution in [0.3, 0.4) is 0 Å². The van der Waals surface area contributed by atoms with E-state index in [1.54, 1.807) is 0 Å². The van der Waals surface area contributed by atoms with Gasteiger partial charge in [-0.1, -0.05) is 0 Å². The molecule has 3 rings (SSSR count). The van der Waals surface area contributed by atoms with Crippen molar-refractivity contribution in [3.05, 3.63) is 53.9 Å². The Kier molecular flexibility index (Phi) is 3.09. The number of amides is 2. The number of halogens is 3. The minimum absolute atomic E-state index is 0.0168. The predicted octanol–water partition coefficient (Wildman–Crippen LogP) is 2.78. The fourth-order valence-corrected chi connectivity index (χ4v) is 2.10. The molecule has 112 valence electrons. The van der Waals surface area contributed by atoms with E-state index in [4.69, 9.17) is 0 Å². The van der Waals surface area contributed by atoms with Gasteiger partial charge in [0.05, 0.1) is 11.3 Å². The van der Waals surface area contributed by atoms with Crippen molar-refractivity contribution >= 4 is 17.5 Å². The Morgan fingerprint density at radius 1 is 1.00 bits per heavy atom. The van der Waals surface area contributed by atoms with Crippen LogP contribution in [0.1, 0.15) is 20.8 Å². The molecule has 0 atom stereocenters. The summed E-state index contributed by atoms with van der Waals surface area (Å²) in [6.45, 7) is 0. The maximum Gasteiger partial charge on any atom is 0.573 e. The van der Waals surface area contributed by atoms with E-state index in [0.717, 1.165) is 17.0 Å². The summed E-state index contributed by atoms with van der Waals surface area (Å²) in [5.74, 6) is -1.63. The second-order valence-corrected chi connectivity index (χ2v) is 4.39. The predicted molar refractivity (Wildman–Crippen MR) is 68.5 cm³/mol. The summed E-state index contributed by atoms with van der Waals surface area (Å²) in [6.07, 6.45) is -3.42. The maximum absolute atomic E-state index is 12.2. The zero-order chi connectivity index (χ0) is 15.9. The van der Waals surface area contributed by atoms with E-state index in [0.29, 0.717) is 0 Å². The molecule has 0 N–H and O–H groups in total. The van der Waals surface area contributed by atoms with Crippen molar-refractivity contribution in [1.82, 2.24) is 4.98 Å². The van der Waals surface area contributed by atoms with Crippen LogP contribution in [0, 0.1) is 0 Å². The number of nitrogens with zero attached hydrogens (tertiary/aromatic N) is 2. The number of fused-ring (bicyclic) bond motifs is 1. The fourth-order valence-electron chi connectivity index (χ4n) is 2.10. The Morgan fingerprint density at radius 3 is 2.27 bits per heavy atom. The Morgan fingerprint density at radius 2 is 1.68 bits per heavy atom. The van der Waals surface area contributed by atoms with E-state index in [-0.39, 0.29) is 16.9 Å². The zero-order valence-corrected chi connectivity index (χ0v) is 10.8. The van der Waals surface area contributed by atoms with Gasteiger partial charge in [0, 0.05) is 6.20 Å². The third-order valence-corrected chi connectivity index (χ3v) is 2.98. The third kappa shape index (κ3) is 2.39. The minimum Gasteiger partial charge on any atom is -0.406 e. The molecule has 1 aliphatic rings. The van der Waals surface area contributed by atoms with Crippen molar-refractivity contribution in [1.29, 1.82) is 0 Å². The van der Waals surface area contributed by atoms with Gasteiger partial charge >= 0.3 is 6.36 Å². The summed E-state index contributed by atoms with van der Waals surface area (Å²) in [6, 6.07) is 7.43. The SMILES string of the molecule is O=C1c2cccnc2C(=O)N1c1ccc(OC(F)(F)F)cc1. The normalized spacial score (nSPS) is 14.2. The molecule has 1 aromatic heterocycles. The van der Waals surface area contributed by atoms with Crippen molar-refractivity contribution in [2.24, 2.45) is 0 Å². The molecule has 0 saturated heterocycles. The van der Waals surface area contributed by atoms with Crippen LogP contribution >= 0.6 is 0 Å². The number of hydrogen-bond acceptors (Lipinski definition) is 4. The van der Waals surface area contributed by atoms with Gasteiger partial charge < -0.3 is 4.74 Å². The van der Waals surface area contributed by atoms with Crippen LogP contribution < -0.4 is 9.64 Å². The molecule has 0 unspecified atom stereocenters. The van der Waals surface area contributed by atoms with Crippen molar-refractivity contribution < 1.29 is 27.5 Å². The first-order valence-corrected chi connectivity index (χ1v) is 6.06. The lowest BCUT2D eigenvalue weighted by atomic mass is 10.2. The Bertz CT molecular complexity index is 722. The summed E-state index contributed by atoms with van der Waals surface area (Å²) in [5, 5.41) is 0. The van der Waals surface area contributed by atoms with Gasteiger partial charge in [-0.05, 0) is 36.4 Å². The van der Waals surface area contributed by atoms with Crippen LogP contribution in [-0.2, 0) is 0 Å². The molecule has 1 aliphatic heterocycles. The lowest BCUT2D eigenvalue weighted by Crippen LogP contribution is -2.29. The number of benzene rings is 1. The van der Waals surface area contributed by atoms with Crippen molar-refractivity contribution in [3.8, 4) is 5.75 Å². The summed E-state index contributed by atoms with van der Waals surface area (Å²) >= 11 is 0. The summed E-state index contributed by atoms with van der Waals surface area (Å²) in [7, 11) is 0. The molecule has 0 aliphatic carbocycles. The number of carbonyl (C=O) groups excluding carboxylic acids is 2. The molecule has 0 radical (unpaired) electrons. The molecule has 0 saturated carbocycles. The molecule has 5 nitrogen and oxygen atoms in total. The Balaban J connectivity index is 1.90. The van der Waals surface area contributed by atoms with Gasteiger partial charge in [-0.25, -0.2) is 4.90 Å². The molecule has 2 heterocycles. The molecule has 0 spiro atoms. The number of aromatic nitrogens is 1. The minimum atomic E-state index is -4.80. The number of pyridine rings is 1. The molecule has 2 aromatic rings. The van der Waals surface area contributed by atoms with E-state index in [1.807, 2.05) is 0 Å². The van der Waals surface area contributed by atoms with Crippen molar-refractivity contribution in [2.45, 2.75) is 6.36 Å². The van der Waals surface area contributed by atoms with Gasteiger partial charge in [0.15, 0.2) is 0 Å². The Hall–Kier alpha value is -2.90. The average Bonchev–Trinajstić information content (AvgIpc) is 2.71. The number of imide groups is 1. The standard InChI is InChI=1S/C14H7F3N2O3/c15-14(16,17)22-9-5-3-8(4-6-9)19-12(20)10-2-1-7-18-11(10)13(19)21/h1-7H. The maximum atomic E-state index is 12.2. The van der Waals surface area contributed by atoms with Gasteiger partial charge in [0.25, 0.3) is 11.8 Å². The van der Waals surface area contributed by atoms with E-state index >= 15 is 0 Å². The number of alkyl halides is 3. The Labute approximate surface area is 121 Å². The lowest BCUT2D eigenvalue weighted by molar-refractivity contribution is -0.274. The second-order valence-electron chi connectivity index (χ2n) is 4.39. The molecular formula is C14H7F3N2O3. The van der Waals surface area contributed by atoms with E-state index in [2.05, 4.69) is 9.72 Å². The third-order valence-electron chi connectivity index (χ3n) is 2.98. The van der Waals surface area contributed by atoms with Gasteiger partial charge in [-0.2, -0.15) is 0 Å². The van der Waals surface area contributed by atoms with Crippen molar-refractivity contribution in [2.75, 3.05) is 4.90 Å². The number of hydrogen-bond donors (Lipinski definition) is 0. The van der Waals surface area contributed by atoms with Crippen LogP contribution in [0.5, 0.6) is 5.75 Å². The van der Waals surface area contributed by atoms with Gasteiger partial charge in [-0.15, -0.1) is 13.2 Å². The van der Waals surface area contributed by atoms with E-state index in [9.17, 15) is 22.8 Å². The summed E-state index contributed by atoms with van der Waals surface area (Å²) in [5.41, 5.74) is 0.314. The van der Waals surface area contributed by atoms with Crippen LogP contribution in [0.15, 0.2) is 42.6 Å². The molecule has 1 aromatic carbocycles. The summed E-state index contributed by atoms with van der Waals surface area (Å²) in [4.78, 5) is 29.0. The molecule has 8 heteroatoms. The number of rotatable bonds is 2. The molecule has 0 bridgehead atoms. The smallest absolute Gasteiger partial charge is 0.406 e. The quantitative estimate of drug-likeness (QED) is 0.800. The number of anilines is 1. The number of ether oxygens (including phenoxy) is 1. The largest absolute Gasteiger partial charge is 0.573 e. The van der Waals surface area contributed by atoms with Crippen LogP contribution in [0.25, 0.3) is 0 Å². The fraction of sp³-hybridized carbons (Fsp3) is 0.0714. The first kappa shape index (κ1) is 14.1. The molecular weight excluding hydrogens is 301 g/mol. The lowest BCUT2D eigenvalue weighted by Gasteiger charge is -2.14. The van der Waals surface area contributed by atoms with Gasteiger partial charge in [0.2, 0.25) is 0 Å². The van der Waals surface area contributed by atoms with Gasteiger partial charge in [0.1, 0.15) is 11.4 Å². The molecule has 2 amide bonds. The monoisotopic (exact) mass is 308 g/mol. The van der Waals surface area contributed by atoms with Crippen LogP contribution in [0.4, 0.5) is 18.9 Å². The highest BCUT2D eigenvalue weighted by atomic mass is 19.4.